The van der Waals surface area contributed by atoms with Gasteiger partial charge in [-0.15, -0.1) is 0 Å². The summed E-state index contributed by atoms with van der Waals surface area (Å²) in [6.45, 7) is 5.48. The van der Waals surface area contributed by atoms with Gasteiger partial charge in [-0.05, 0) is 20.8 Å². The first-order valence-electron chi connectivity index (χ1n) is 4.10. The van der Waals surface area contributed by atoms with Crippen molar-refractivity contribution < 1.29 is 14.3 Å². The average molecular weight is 181 g/mol. The van der Waals surface area contributed by atoms with Crippen LogP contribution >= 0.6 is 0 Å². The Labute approximate surface area is 76.1 Å². The maximum atomic E-state index is 11.4. The Kier molecular flexibility index (Phi) is 1.43. The summed E-state index contributed by atoms with van der Waals surface area (Å²) in [5, 5.41) is 0. The van der Waals surface area contributed by atoms with Gasteiger partial charge in [0.15, 0.2) is 5.75 Å². The zero-order valence-electron chi connectivity index (χ0n) is 7.83. The molecule has 0 saturated carbocycles. The summed E-state index contributed by atoms with van der Waals surface area (Å²) < 4.78 is 11.5. The zero-order valence-corrected chi connectivity index (χ0v) is 7.83. The highest BCUT2D eigenvalue weighted by Crippen LogP contribution is 2.45. The molecule has 0 saturated heterocycles. The second-order valence-corrected chi connectivity index (χ2v) is 3.94. The number of hydrogen-bond donors (Lipinski definition) is 0. The molecular formula is C9H11NO3. The van der Waals surface area contributed by atoms with Crippen LogP contribution in [-0.4, -0.2) is 16.3 Å². The fraction of sp³-hybridized carbons (Fsp3) is 0.444. The molecule has 0 aliphatic carbocycles. The van der Waals surface area contributed by atoms with Gasteiger partial charge in [-0.3, -0.25) is 0 Å². The van der Waals surface area contributed by atoms with Crippen molar-refractivity contribution in [1.29, 1.82) is 0 Å². The minimum Gasteiger partial charge on any atom is -0.443 e. The van der Waals surface area contributed by atoms with Gasteiger partial charge in [0.05, 0.1) is 0 Å². The second-order valence-electron chi connectivity index (χ2n) is 3.94. The Morgan fingerprint density at radius 1 is 1.54 bits per heavy atom. The number of ether oxygens (including phenoxy) is 2. The quantitative estimate of drug-likeness (QED) is 0.586. The molecule has 1 aromatic heterocycles. The summed E-state index contributed by atoms with van der Waals surface area (Å²) >= 11 is 0. The first kappa shape index (κ1) is 8.16. The third-order valence-electron chi connectivity index (χ3n) is 1.56. The van der Waals surface area contributed by atoms with Crippen molar-refractivity contribution in [3.8, 4) is 11.6 Å². The Bertz CT molecular complexity index is 359. The molecule has 0 radical (unpaired) electrons. The van der Waals surface area contributed by atoms with E-state index in [0.717, 1.165) is 5.75 Å². The van der Waals surface area contributed by atoms with Crippen LogP contribution in [0.25, 0.3) is 0 Å². The highest BCUT2D eigenvalue weighted by molar-refractivity contribution is 5.77. The van der Waals surface area contributed by atoms with Crippen LogP contribution in [0.15, 0.2) is 12.3 Å². The third-order valence-corrected chi connectivity index (χ3v) is 1.56. The van der Waals surface area contributed by atoms with Gasteiger partial charge in [0.1, 0.15) is 5.60 Å². The molecule has 70 valence electrons. The third kappa shape index (κ3) is 1.52. The van der Waals surface area contributed by atoms with E-state index in [1.165, 1.54) is 4.57 Å². The van der Waals surface area contributed by atoms with Crippen molar-refractivity contribution in [2.24, 2.45) is 0 Å². The average Bonchev–Trinajstić information content (AvgIpc) is 2.59. The maximum Gasteiger partial charge on any atom is 0.421 e. The predicted molar refractivity (Wildman–Crippen MR) is 46.1 cm³/mol. The summed E-state index contributed by atoms with van der Waals surface area (Å²) in [4.78, 5) is 11.4. The molecule has 1 aromatic rings. The van der Waals surface area contributed by atoms with Gasteiger partial charge < -0.3 is 9.47 Å². The van der Waals surface area contributed by atoms with E-state index in [1.54, 1.807) is 12.3 Å². The van der Waals surface area contributed by atoms with Gasteiger partial charge >= 0.3 is 6.09 Å². The maximum absolute atomic E-state index is 11.4. The van der Waals surface area contributed by atoms with Gasteiger partial charge in [0.25, 0.3) is 5.88 Å². The zero-order chi connectivity index (χ0) is 9.64. The lowest BCUT2D eigenvalue weighted by molar-refractivity contribution is 0.0534. The molecule has 0 atom stereocenters. The largest absolute Gasteiger partial charge is 0.443 e. The number of hydrogen-bond acceptors (Lipinski definition) is 3. The van der Waals surface area contributed by atoms with Crippen LogP contribution < -0.4 is 4.74 Å². The van der Waals surface area contributed by atoms with Crippen LogP contribution in [0.3, 0.4) is 0 Å². The molecule has 4 heteroatoms. The molecule has 0 amide bonds. The standard InChI is InChI=1S/C9H11NO3/c1-9(2,3)13-8(11)10-5-4-6-7(10)12-6/h4-5H,1-3H3. The summed E-state index contributed by atoms with van der Waals surface area (Å²) in [7, 11) is 0. The molecule has 0 N–H and O–H groups in total. The molecule has 0 aromatic carbocycles. The van der Waals surface area contributed by atoms with E-state index < -0.39 is 11.7 Å². The minimum absolute atomic E-state index is 0.397. The van der Waals surface area contributed by atoms with Crippen LogP contribution in [0.1, 0.15) is 20.8 Å². The lowest BCUT2D eigenvalue weighted by Crippen LogP contribution is -2.26. The highest BCUT2D eigenvalue weighted by atomic mass is 16.6. The molecule has 2 rings (SSSR count). The van der Waals surface area contributed by atoms with Crippen molar-refractivity contribution >= 4 is 6.09 Å². The van der Waals surface area contributed by atoms with E-state index in [9.17, 15) is 4.79 Å². The molecule has 0 spiro atoms. The normalized spacial score (nSPS) is 13.2. The van der Waals surface area contributed by atoms with Gasteiger partial charge in [-0.25, -0.2) is 9.36 Å². The van der Waals surface area contributed by atoms with Gasteiger partial charge in [-0.2, -0.15) is 0 Å². The Morgan fingerprint density at radius 3 is 2.62 bits per heavy atom. The van der Waals surface area contributed by atoms with Crippen LogP contribution in [0.4, 0.5) is 4.79 Å². The molecule has 0 bridgehead atoms. The van der Waals surface area contributed by atoms with Crippen molar-refractivity contribution in [3.63, 3.8) is 0 Å². The lowest BCUT2D eigenvalue weighted by Gasteiger charge is -2.19. The second kappa shape index (κ2) is 2.28. The number of rotatable bonds is 0. The van der Waals surface area contributed by atoms with Crippen molar-refractivity contribution in [1.82, 2.24) is 4.57 Å². The Balaban J connectivity index is 2.12. The molecule has 1 aliphatic heterocycles. The van der Waals surface area contributed by atoms with Gasteiger partial charge in [-0.1, -0.05) is 0 Å². The van der Waals surface area contributed by atoms with Gasteiger partial charge in [0.2, 0.25) is 0 Å². The van der Waals surface area contributed by atoms with Crippen LogP contribution in [0.2, 0.25) is 0 Å². The minimum atomic E-state index is -0.469. The topological polar surface area (TPSA) is 43.8 Å². The summed E-state index contributed by atoms with van der Waals surface area (Å²) in [5.74, 6) is 1.35. The molecule has 1 aliphatic rings. The Morgan fingerprint density at radius 2 is 2.23 bits per heavy atom. The lowest BCUT2D eigenvalue weighted by atomic mass is 10.2. The highest BCUT2D eigenvalue weighted by Gasteiger charge is 2.30. The van der Waals surface area contributed by atoms with Gasteiger partial charge in [0, 0.05) is 12.3 Å². The molecule has 0 fully saturated rings. The van der Waals surface area contributed by atoms with Crippen molar-refractivity contribution in [2.45, 2.75) is 26.4 Å². The van der Waals surface area contributed by atoms with Crippen LogP contribution in [0.5, 0.6) is 11.6 Å². The number of nitrogens with zero attached hydrogens (tertiary/aromatic N) is 1. The first-order valence-corrected chi connectivity index (χ1v) is 4.10. The molecular weight excluding hydrogens is 170 g/mol. The molecule has 4 nitrogen and oxygen atoms in total. The molecule has 2 heterocycles. The smallest absolute Gasteiger partial charge is 0.421 e. The van der Waals surface area contributed by atoms with E-state index in [0.29, 0.717) is 5.88 Å². The van der Waals surface area contributed by atoms with Crippen LogP contribution in [-0.2, 0) is 4.74 Å². The predicted octanol–water partition coefficient (Wildman–Crippen LogP) is 2.38. The number of carbonyl (C=O) groups is 1. The monoisotopic (exact) mass is 181 g/mol. The fourth-order valence-electron chi connectivity index (χ4n) is 1.02. The van der Waals surface area contributed by atoms with E-state index >= 15 is 0 Å². The van der Waals surface area contributed by atoms with E-state index in [-0.39, 0.29) is 0 Å². The van der Waals surface area contributed by atoms with E-state index in [2.05, 4.69) is 0 Å². The number of fused-ring (bicyclic) bond motifs is 1. The van der Waals surface area contributed by atoms with Crippen LogP contribution in [0, 0.1) is 0 Å². The molecule has 13 heavy (non-hydrogen) atoms. The first-order chi connectivity index (χ1) is 5.97. The van der Waals surface area contributed by atoms with E-state index in [4.69, 9.17) is 9.47 Å². The van der Waals surface area contributed by atoms with Crippen molar-refractivity contribution in [2.75, 3.05) is 0 Å². The van der Waals surface area contributed by atoms with E-state index in [1.807, 2.05) is 20.8 Å². The summed E-state index contributed by atoms with van der Waals surface area (Å²) in [6.07, 6.45) is 1.24. The SMILES string of the molecule is CC(C)(C)OC(=O)n1ccc2c1O2. The number of aromatic nitrogens is 1. The fourth-order valence-corrected chi connectivity index (χ4v) is 1.02. The summed E-state index contributed by atoms with van der Waals surface area (Å²) in [6, 6.07) is 1.74. The molecule has 0 unspecified atom stereocenters. The summed E-state index contributed by atoms with van der Waals surface area (Å²) in [5.41, 5.74) is -0.469. The van der Waals surface area contributed by atoms with Crippen molar-refractivity contribution in [3.05, 3.63) is 12.3 Å². The number of carbonyl (C=O) groups excluding carboxylic acids is 1. The Hall–Kier alpha value is -1.45.